The van der Waals surface area contributed by atoms with Gasteiger partial charge in [0.05, 0.1) is 23.6 Å². The van der Waals surface area contributed by atoms with E-state index in [1.807, 2.05) is 30.3 Å². The zero-order valence-corrected chi connectivity index (χ0v) is 22.9. The van der Waals surface area contributed by atoms with Crippen LogP contribution in [0.25, 0.3) is 22.5 Å². The molecule has 2 N–H and O–H groups in total. The van der Waals surface area contributed by atoms with Crippen LogP contribution < -0.4 is 15.1 Å². The number of aryl methyl sites for hydroxylation is 1. The number of carbonyl (C=O) groups excluding carboxylic acids is 1. The van der Waals surface area contributed by atoms with Crippen molar-refractivity contribution in [2.24, 2.45) is 7.05 Å². The number of methoxy groups -OCH3 is 1. The molecule has 2 aliphatic heterocycles. The Kier molecular flexibility index (Phi) is 7.14. The van der Waals surface area contributed by atoms with E-state index in [1.54, 1.807) is 30.1 Å². The lowest BCUT2D eigenvalue weighted by molar-refractivity contribution is 0.0817. The van der Waals surface area contributed by atoms with Crippen molar-refractivity contribution in [3.05, 3.63) is 42.2 Å². The Bertz CT molecular complexity index is 1570. The van der Waals surface area contributed by atoms with E-state index in [1.165, 1.54) is 4.90 Å². The van der Waals surface area contributed by atoms with Crippen LogP contribution in [0.5, 0.6) is 0 Å². The Balaban J connectivity index is 1.30. The maximum atomic E-state index is 13.7. The van der Waals surface area contributed by atoms with E-state index < -0.39 is 6.09 Å². The minimum absolute atomic E-state index is 0.162. The van der Waals surface area contributed by atoms with E-state index in [0.29, 0.717) is 79.4 Å². The van der Waals surface area contributed by atoms with Crippen molar-refractivity contribution < 1.29 is 23.8 Å². The first-order valence-electron chi connectivity index (χ1n) is 13.5. The standard InChI is InChI=1S/C27H31N9O5/c1-33-16-17(15-28-33)20-4-3-5-22(29-20)30-25(37)19-14-21-23(31-24(19)34-8-6-18(40-2)7-9-34)32-26(41-21)35-10-12-36(13-11-35)27(38)39/h3-5,14-16,18H,6-13H2,1-2H3,(H,38,39)(H,29,30,37). The minimum atomic E-state index is -0.943. The number of ether oxygens (including phenoxy) is 1. The van der Waals surface area contributed by atoms with Crippen LogP contribution in [0, 0.1) is 0 Å². The highest BCUT2D eigenvalue weighted by atomic mass is 16.5. The number of nitrogens with one attached hydrogen (secondary N) is 1. The first kappa shape index (κ1) is 26.5. The number of piperidine rings is 1. The van der Waals surface area contributed by atoms with E-state index in [-0.39, 0.29) is 12.0 Å². The van der Waals surface area contributed by atoms with E-state index in [9.17, 15) is 14.7 Å². The second-order valence-corrected chi connectivity index (χ2v) is 10.1. The molecular formula is C27H31N9O5. The normalized spacial score (nSPS) is 16.4. The van der Waals surface area contributed by atoms with Gasteiger partial charge in [-0.15, -0.1) is 0 Å². The summed E-state index contributed by atoms with van der Waals surface area (Å²) >= 11 is 0. The number of nitrogens with zero attached hydrogens (tertiary/aromatic N) is 8. The molecule has 0 unspecified atom stereocenters. The Morgan fingerprint density at radius 2 is 1.83 bits per heavy atom. The van der Waals surface area contributed by atoms with Crippen LogP contribution in [-0.4, -0.2) is 99.2 Å². The molecule has 14 heteroatoms. The SMILES string of the molecule is COC1CCN(c2nc3nc(N4CCN(C(=O)O)CC4)oc3cc2C(=O)Nc2cccc(-c3cnn(C)c3)n2)CC1. The third-order valence-electron chi connectivity index (χ3n) is 7.48. The van der Waals surface area contributed by atoms with Crippen LogP contribution in [0.4, 0.5) is 22.4 Å². The van der Waals surface area contributed by atoms with Gasteiger partial charge in [0.1, 0.15) is 11.6 Å². The summed E-state index contributed by atoms with van der Waals surface area (Å²) in [5, 5.41) is 16.4. The predicted octanol–water partition coefficient (Wildman–Crippen LogP) is 2.69. The number of rotatable bonds is 6. The fraction of sp³-hybridized carbons (Fsp3) is 0.407. The summed E-state index contributed by atoms with van der Waals surface area (Å²) in [4.78, 5) is 44.3. The van der Waals surface area contributed by atoms with Gasteiger partial charge in [-0.05, 0) is 25.0 Å². The zero-order valence-electron chi connectivity index (χ0n) is 22.9. The maximum absolute atomic E-state index is 13.7. The number of carbonyl (C=O) groups is 2. The third kappa shape index (κ3) is 5.50. The van der Waals surface area contributed by atoms with Crippen LogP contribution in [-0.2, 0) is 11.8 Å². The molecule has 214 valence electrons. The van der Waals surface area contributed by atoms with Crippen molar-refractivity contribution in [2.45, 2.75) is 18.9 Å². The molecule has 0 atom stereocenters. The molecule has 4 aromatic rings. The van der Waals surface area contributed by atoms with Crippen LogP contribution >= 0.6 is 0 Å². The number of carboxylic acid groups (broad SMARTS) is 1. The zero-order chi connectivity index (χ0) is 28.5. The van der Waals surface area contributed by atoms with Crippen LogP contribution in [0.3, 0.4) is 0 Å². The highest BCUT2D eigenvalue weighted by Gasteiger charge is 2.28. The number of fused-ring (bicyclic) bond motifs is 1. The van der Waals surface area contributed by atoms with Crippen molar-refractivity contribution >= 4 is 40.9 Å². The van der Waals surface area contributed by atoms with Gasteiger partial charge in [0.25, 0.3) is 11.9 Å². The average molecular weight is 562 g/mol. The number of amides is 2. The molecule has 0 radical (unpaired) electrons. The fourth-order valence-corrected chi connectivity index (χ4v) is 5.18. The first-order chi connectivity index (χ1) is 19.9. The van der Waals surface area contributed by atoms with Gasteiger partial charge in [0.15, 0.2) is 5.58 Å². The molecule has 0 aliphatic carbocycles. The van der Waals surface area contributed by atoms with Crippen LogP contribution in [0.1, 0.15) is 23.2 Å². The van der Waals surface area contributed by atoms with Gasteiger partial charge in [-0.3, -0.25) is 9.48 Å². The molecule has 2 amide bonds. The molecule has 0 bridgehead atoms. The number of aromatic nitrogens is 5. The maximum Gasteiger partial charge on any atom is 0.407 e. The lowest BCUT2D eigenvalue weighted by Gasteiger charge is -2.32. The Hall–Kier alpha value is -4.72. The van der Waals surface area contributed by atoms with Crippen molar-refractivity contribution in [2.75, 3.05) is 61.5 Å². The molecule has 4 aromatic heterocycles. The number of piperazine rings is 1. The van der Waals surface area contributed by atoms with E-state index in [4.69, 9.17) is 14.1 Å². The third-order valence-corrected chi connectivity index (χ3v) is 7.48. The van der Waals surface area contributed by atoms with Crippen molar-refractivity contribution in [3.63, 3.8) is 0 Å². The number of pyridine rings is 2. The Morgan fingerprint density at radius 3 is 2.51 bits per heavy atom. The summed E-state index contributed by atoms with van der Waals surface area (Å²) in [6.45, 7) is 2.94. The largest absolute Gasteiger partial charge is 0.465 e. The lowest BCUT2D eigenvalue weighted by atomic mass is 10.1. The molecule has 2 aliphatic rings. The first-order valence-corrected chi connectivity index (χ1v) is 13.5. The second-order valence-electron chi connectivity index (χ2n) is 10.1. The van der Waals surface area contributed by atoms with E-state index in [0.717, 1.165) is 18.4 Å². The second kappa shape index (κ2) is 11.0. The molecule has 41 heavy (non-hydrogen) atoms. The van der Waals surface area contributed by atoms with Crippen molar-refractivity contribution in [1.29, 1.82) is 0 Å². The van der Waals surface area contributed by atoms with E-state index in [2.05, 4.69) is 25.3 Å². The Morgan fingerprint density at radius 1 is 1.05 bits per heavy atom. The van der Waals surface area contributed by atoms with Crippen LogP contribution in [0.15, 0.2) is 41.1 Å². The molecule has 6 rings (SSSR count). The smallest absolute Gasteiger partial charge is 0.407 e. The summed E-state index contributed by atoms with van der Waals surface area (Å²) in [7, 11) is 3.55. The van der Waals surface area contributed by atoms with Gasteiger partial charge in [-0.2, -0.15) is 10.1 Å². The van der Waals surface area contributed by atoms with Gasteiger partial charge in [-0.1, -0.05) is 6.07 Å². The predicted molar refractivity (Wildman–Crippen MR) is 150 cm³/mol. The Labute approximate surface area is 235 Å². The molecule has 2 saturated heterocycles. The summed E-state index contributed by atoms with van der Waals surface area (Å²) < 4.78 is 13.3. The fourth-order valence-electron chi connectivity index (χ4n) is 5.18. The average Bonchev–Trinajstić information content (AvgIpc) is 3.62. The quantitative estimate of drug-likeness (QED) is 0.357. The highest BCUT2D eigenvalue weighted by molar-refractivity contribution is 6.08. The van der Waals surface area contributed by atoms with Gasteiger partial charge in [0, 0.05) is 71.3 Å². The topological polar surface area (TPSA) is 155 Å². The van der Waals surface area contributed by atoms with E-state index >= 15 is 0 Å². The lowest BCUT2D eigenvalue weighted by Crippen LogP contribution is -2.48. The highest BCUT2D eigenvalue weighted by Crippen LogP contribution is 2.30. The number of hydrogen-bond acceptors (Lipinski definition) is 10. The number of anilines is 3. The monoisotopic (exact) mass is 561 g/mol. The van der Waals surface area contributed by atoms with Gasteiger partial charge in [0.2, 0.25) is 5.65 Å². The van der Waals surface area contributed by atoms with Crippen molar-refractivity contribution in [1.82, 2.24) is 29.6 Å². The molecule has 0 aromatic carbocycles. The van der Waals surface area contributed by atoms with Crippen LogP contribution in [0.2, 0.25) is 0 Å². The molecular weight excluding hydrogens is 530 g/mol. The van der Waals surface area contributed by atoms with Gasteiger partial charge in [-0.25, -0.2) is 14.8 Å². The number of hydrogen-bond donors (Lipinski definition) is 2. The summed E-state index contributed by atoms with van der Waals surface area (Å²) in [6.07, 6.45) is 4.41. The summed E-state index contributed by atoms with van der Waals surface area (Å²) in [6, 6.07) is 7.44. The molecule has 2 fully saturated rings. The summed E-state index contributed by atoms with van der Waals surface area (Å²) in [5.74, 6) is 0.547. The van der Waals surface area contributed by atoms with Gasteiger partial charge < -0.3 is 34.3 Å². The molecule has 6 heterocycles. The molecule has 0 saturated carbocycles. The van der Waals surface area contributed by atoms with Gasteiger partial charge >= 0.3 is 6.09 Å². The van der Waals surface area contributed by atoms with Crippen molar-refractivity contribution in [3.8, 4) is 11.3 Å². The molecule has 0 spiro atoms. The molecule has 14 nitrogen and oxygen atoms in total. The summed E-state index contributed by atoms with van der Waals surface area (Å²) in [5.41, 5.74) is 2.64. The minimum Gasteiger partial charge on any atom is -0.465 e. The number of oxazole rings is 1.